The Morgan fingerprint density at radius 3 is 2.46 bits per heavy atom. The average Bonchev–Trinajstić information content (AvgIpc) is 2.60. The first-order valence-corrected chi connectivity index (χ1v) is 8.39. The van der Waals surface area contributed by atoms with E-state index in [-0.39, 0.29) is 24.0 Å². The molecule has 0 unspecified atom stereocenters. The van der Waals surface area contributed by atoms with Crippen molar-refractivity contribution in [1.29, 1.82) is 0 Å². The number of aliphatic imine (C=N–C) groups is 1. The summed E-state index contributed by atoms with van der Waals surface area (Å²) in [6, 6.07) is 8.51. The highest BCUT2D eigenvalue weighted by Gasteiger charge is 2.01. The fraction of sp³-hybridized carbons (Fsp3) is 0.611. The van der Waals surface area contributed by atoms with Crippen molar-refractivity contribution in [2.75, 3.05) is 40.5 Å². The highest BCUT2D eigenvalue weighted by Crippen LogP contribution is 2.08. The molecule has 1 aromatic carbocycles. The van der Waals surface area contributed by atoms with E-state index in [9.17, 15) is 0 Å². The molecule has 0 saturated carbocycles. The predicted molar refractivity (Wildman–Crippen MR) is 111 cm³/mol. The van der Waals surface area contributed by atoms with Crippen LogP contribution in [0.2, 0.25) is 0 Å². The number of aryl methyl sites for hydroxylation is 1. The second-order valence-electron chi connectivity index (χ2n) is 5.29. The highest BCUT2D eigenvalue weighted by atomic mass is 127. The molecule has 0 amide bonds. The Balaban J connectivity index is 0.00000529. The zero-order chi connectivity index (χ0) is 16.8. The van der Waals surface area contributed by atoms with Gasteiger partial charge >= 0.3 is 0 Å². The molecular weight excluding hydrogens is 417 g/mol. The Morgan fingerprint density at radius 2 is 1.79 bits per heavy atom. The monoisotopic (exact) mass is 449 g/mol. The van der Waals surface area contributed by atoms with Crippen molar-refractivity contribution in [3.63, 3.8) is 0 Å². The zero-order valence-electron chi connectivity index (χ0n) is 15.1. The maximum Gasteiger partial charge on any atom is 0.191 e. The van der Waals surface area contributed by atoms with E-state index in [1.54, 1.807) is 14.2 Å². The molecule has 2 N–H and O–H groups in total. The number of ether oxygens (including phenoxy) is 2. The molecule has 5 nitrogen and oxygen atoms in total. The van der Waals surface area contributed by atoms with Crippen molar-refractivity contribution >= 4 is 29.9 Å². The second-order valence-corrected chi connectivity index (χ2v) is 5.29. The molecule has 0 saturated heterocycles. The molecule has 0 bridgehead atoms. The zero-order valence-corrected chi connectivity index (χ0v) is 17.5. The third-order valence-corrected chi connectivity index (χ3v) is 3.61. The van der Waals surface area contributed by atoms with Crippen LogP contribution < -0.4 is 10.6 Å². The maximum atomic E-state index is 5.44. The van der Waals surface area contributed by atoms with Gasteiger partial charge in [-0.05, 0) is 30.4 Å². The molecule has 1 rings (SSSR count). The number of rotatable bonds is 11. The molecule has 0 radical (unpaired) electrons. The Morgan fingerprint density at radius 1 is 1.04 bits per heavy atom. The van der Waals surface area contributed by atoms with E-state index < -0.39 is 0 Å². The Labute approximate surface area is 163 Å². The second kappa shape index (κ2) is 15.7. The average molecular weight is 449 g/mol. The number of guanidine groups is 1. The third kappa shape index (κ3) is 10.1. The Hall–Kier alpha value is -0.860. The van der Waals surface area contributed by atoms with E-state index in [2.05, 4.69) is 46.8 Å². The van der Waals surface area contributed by atoms with Crippen LogP contribution in [0.15, 0.2) is 29.3 Å². The summed E-state index contributed by atoms with van der Waals surface area (Å²) in [7, 11) is 3.49. The molecule has 0 aliphatic rings. The van der Waals surface area contributed by atoms with E-state index in [1.807, 2.05) is 0 Å². The van der Waals surface area contributed by atoms with Crippen molar-refractivity contribution in [2.24, 2.45) is 4.99 Å². The van der Waals surface area contributed by atoms with Crippen LogP contribution in [0.4, 0.5) is 0 Å². The summed E-state index contributed by atoms with van der Waals surface area (Å²) in [5, 5.41) is 6.71. The lowest BCUT2D eigenvalue weighted by Crippen LogP contribution is -2.37. The van der Waals surface area contributed by atoms with E-state index in [4.69, 9.17) is 9.47 Å². The minimum Gasteiger partial charge on any atom is -0.382 e. The summed E-state index contributed by atoms with van der Waals surface area (Å²) in [5.74, 6) is 0.844. The van der Waals surface area contributed by atoms with Crippen molar-refractivity contribution in [3.8, 4) is 0 Å². The molecule has 24 heavy (non-hydrogen) atoms. The number of nitrogens with zero attached hydrogens (tertiary/aromatic N) is 1. The number of benzene rings is 1. The summed E-state index contributed by atoms with van der Waals surface area (Å²) in [4.78, 5) is 4.26. The normalized spacial score (nSPS) is 11.0. The first-order valence-electron chi connectivity index (χ1n) is 8.39. The van der Waals surface area contributed by atoms with Crippen molar-refractivity contribution < 1.29 is 9.47 Å². The fourth-order valence-electron chi connectivity index (χ4n) is 2.25. The molecule has 0 aromatic heterocycles. The minimum atomic E-state index is 0. The van der Waals surface area contributed by atoms with Gasteiger partial charge in [-0.1, -0.05) is 31.2 Å². The summed E-state index contributed by atoms with van der Waals surface area (Å²) in [6.45, 7) is 5.98. The Bertz CT molecular complexity index is 456. The molecule has 138 valence electrons. The Kier molecular flexibility index (Phi) is 15.1. The number of nitrogens with one attached hydrogen (secondary N) is 2. The molecule has 0 atom stereocenters. The standard InChI is InChI=1S/C18H31N3O2.HI/c1-4-16-9-5-6-10-17(16)15-21-18(19-2)20-11-7-8-12-23-14-13-22-3;/h5-6,9-10H,4,7-8,11-15H2,1-3H3,(H2,19,20,21);1H. The molecule has 6 heteroatoms. The van der Waals surface area contributed by atoms with Gasteiger partial charge in [-0.25, -0.2) is 0 Å². The van der Waals surface area contributed by atoms with Gasteiger partial charge in [0.15, 0.2) is 5.96 Å². The topological polar surface area (TPSA) is 54.9 Å². The quantitative estimate of drug-likeness (QED) is 0.236. The minimum absolute atomic E-state index is 0. The first kappa shape index (κ1) is 23.1. The number of methoxy groups -OCH3 is 1. The number of hydrogen-bond donors (Lipinski definition) is 2. The van der Waals surface area contributed by atoms with Gasteiger partial charge < -0.3 is 20.1 Å². The van der Waals surface area contributed by atoms with Crippen molar-refractivity contribution in [3.05, 3.63) is 35.4 Å². The molecule has 0 spiro atoms. The van der Waals surface area contributed by atoms with Crippen molar-refractivity contribution in [2.45, 2.75) is 32.7 Å². The van der Waals surface area contributed by atoms with Gasteiger partial charge in [0.25, 0.3) is 0 Å². The van der Waals surface area contributed by atoms with Crippen LogP contribution in [0.25, 0.3) is 0 Å². The van der Waals surface area contributed by atoms with Crippen molar-refractivity contribution in [1.82, 2.24) is 10.6 Å². The summed E-state index contributed by atoms with van der Waals surface area (Å²) in [5.41, 5.74) is 2.70. The van der Waals surface area contributed by atoms with Gasteiger partial charge in [0.05, 0.1) is 13.2 Å². The third-order valence-electron chi connectivity index (χ3n) is 3.61. The van der Waals surface area contributed by atoms with Gasteiger partial charge in [-0.15, -0.1) is 24.0 Å². The van der Waals surface area contributed by atoms with Crippen LogP contribution >= 0.6 is 24.0 Å². The lowest BCUT2D eigenvalue weighted by molar-refractivity contribution is 0.0689. The molecule has 0 aliphatic carbocycles. The summed E-state index contributed by atoms with van der Waals surface area (Å²) in [6.07, 6.45) is 3.14. The fourth-order valence-corrected chi connectivity index (χ4v) is 2.25. The van der Waals surface area contributed by atoms with E-state index >= 15 is 0 Å². The number of unbranched alkanes of at least 4 members (excludes halogenated alkanes) is 1. The van der Waals surface area contributed by atoms with Gasteiger partial charge in [0, 0.05) is 33.9 Å². The molecular formula is C18H32IN3O2. The van der Waals surface area contributed by atoms with Crippen LogP contribution in [0, 0.1) is 0 Å². The highest BCUT2D eigenvalue weighted by molar-refractivity contribution is 14.0. The lowest BCUT2D eigenvalue weighted by Gasteiger charge is -2.13. The molecule has 1 aromatic rings. The largest absolute Gasteiger partial charge is 0.382 e. The first-order chi connectivity index (χ1) is 11.3. The van der Waals surface area contributed by atoms with Crippen LogP contribution in [-0.2, 0) is 22.4 Å². The number of halogens is 1. The SMILES string of the molecule is CCc1ccccc1CNC(=NC)NCCCCOCCOC.I. The predicted octanol–water partition coefficient (Wildman–Crippen LogP) is 2.98. The molecule has 0 heterocycles. The summed E-state index contributed by atoms with van der Waals surface area (Å²) >= 11 is 0. The lowest BCUT2D eigenvalue weighted by atomic mass is 10.1. The smallest absolute Gasteiger partial charge is 0.191 e. The molecule has 0 aliphatic heterocycles. The van der Waals surface area contributed by atoms with Crippen LogP contribution in [0.5, 0.6) is 0 Å². The van der Waals surface area contributed by atoms with Gasteiger partial charge in [0.2, 0.25) is 0 Å². The van der Waals surface area contributed by atoms with Gasteiger partial charge in [-0.3, -0.25) is 4.99 Å². The van der Waals surface area contributed by atoms with Crippen LogP contribution in [-0.4, -0.2) is 46.5 Å². The van der Waals surface area contributed by atoms with E-state index in [0.29, 0.717) is 13.2 Å². The maximum absolute atomic E-state index is 5.44. The van der Waals surface area contributed by atoms with E-state index in [1.165, 1.54) is 11.1 Å². The number of hydrogen-bond acceptors (Lipinski definition) is 3. The van der Waals surface area contributed by atoms with Gasteiger partial charge in [0.1, 0.15) is 0 Å². The molecule has 0 fully saturated rings. The van der Waals surface area contributed by atoms with Crippen LogP contribution in [0.1, 0.15) is 30.9 Å². The van der Waals surface area contributed by atoms with Crippen LogP contribution in [0.3, 0.4) is 0 Å². The summed E-state index contributed by atoms with van der Waals surface area (Å²) < 4.78 is 10.4. The van der Waals surface area contributed by atoms with Gasteiger partial charge in [-0.2, -0.15) is 0 Å². The van der Waals surface area contributed by atoms with E-state index in [0.717, 1.165) is 44.9 Å².